The fourth-order valence-corrected chi connectivity index (χ4v) is 3.42. The van der Waals surface area contributed by atoms with E-state index in [0.717, 1.165) is 34.1 Å². The summed E-state index contributed by atoms with van der Waals surface area (Å²) in [5.74, 6) is 0. The first-order valence-electron chi connectivity index (χ1n) is 6.48. The number of hydrogen-bond acceptors (Lipinski definition) is 3. The summed E-state index contributed by atoms with van der Waals surface area (Å²) in [6.07, 6.45) is 5.26. The normalized spacial score (nSPS) is 11.3. The first-order chi connectivity index (χ1) is 9.67. The second-order valence-corrected chi connectivity index (χ2v) is 6.46. The third kappa shape index (κ3) is 2.68. The lowest BCUT2D eigenvalue weighted by Crippen LogP contribution is -1.86. The highest BCUT2D eigenvalue weighted by molar-refractivity contribution is 7.16. The third-order valence-corrected chi connectivity index (χ3v) is 4.57. The molecule has 0 aliphatic carbocycles. The number of fused-ring (bicyclic) bond motifs is 1. The minimum atomic E-state index is 0.606. The number of benzene rings is 1. The molecule has 0 radical (unpaired) electrons. The molecule has 0 saturated heterocycles. The van der Waals surface area contributed by atoms with E-state index >= 15 is 0 Å². The van der Waals surface area contributed by atoms with E-state index in [0.29, 0.717) is 10.0 Å². The fourth-order valence-electron chi connectivity index (χ4n) is 2.00. The Kier molecular flexibility index (Phi) is 3.96. The lowest BCUT2D eigenvalue weighted by molar-refractivity contribution is 0.770. The molecule has 0 saturated carbocycles. The lowest BCUT2D eigenvalue weighted by atomic mass is 10.2. The summed E-state index contributed by atoms with van der Waals surface area (Å²) in [5.41, 5.74) is 1.70. The van der Waals surface area contributed by atoms with Crippen LogP contribution in [0.1, 0.15) is 24.8 Å². The number of halogens is 2. The highest BCUT2D eigenvalue weighted by Gasteiger charge is 2.12. The van der Waals surface area contributed by atoms with E-state index in [-0.39, 0.29) is 0 Å². The molecule has 0 aliphatic heterocycles. The smallest absolute Gasteiger partial charge is 0.212 e. The molecule has 3 rings (SSSR count). The van der Waals surface area contributed by atoms with Gasteiger partial charge in [0.25, 0.3) is 0 Å². The largest absolute Gasteiger partial charge is 0.217 e. The van der Waals surface area contributed by atoms with Crippen LogP contribution in [0.5, 0.6) is 0 Å². The average molecular weight is 326 g/mol. The van der Waals surface area contributed by atoms with Crippen molar-refractivity contribution in [3.63, 3.8) is 0 Å². The van der Waals surface area contributed by atoms with Gasteiger partial charge in [0.05, 0.1) is 16.9 Å². The summed E-state index contributed by atoms with van der Waals surface area (Å²) >= 11 is 13.8. The highest BCUT2D eigenvalue weighted by Crippen LogP contribution is 2.30. The zero-order valence-electron chi connectivity index (χ0n) is 10.9. The maximum Gasteiger partial charge on any atom is 0.212 e. The second-order valence-electron chi connectivity index (χ2n) is 4.58. The Bertz CT molecular complexity index is 717. The van der Waals surface area contributed by atoms with Gasteiger partial charge in [-0.1, -0.05) is 47.9 Å². The molecular weight excluding hydrogens is 313 g/mol. The lowest BCUT2D eigenvalue weighted by Gasteiger charge is -2.00. The minimum Gasteiger partial charge on any atom is -0.217 e. The van der Waals surface area contributed by atoms with Crippen molar-refractivity contribution in [1.82, 2.24) is 14.6 Å². The van der Waals surface area contributed by atoms with Crippen molar-refractivity contribution in [2.75, 3.05) is 0 Å². The fraction of sp³-hybridized carbons (Fsp3) is 0.286. The Morgan fingerprint density at radius 3 is 2.85 bits per heavy atom. The van der Waals surface area contributed by atoms with E-state index < -0.39 is 0 Å². The van der Waals surface area contributed by atoms with Crippen molar-refractivity contribution in [3.05, 3.63) is 39.4 Å². The minimum absolute atomic E-state index is 0.606. The van der Waals surface area contributed by atoms with Crippen LogP contribution in [-0.2, 0) is 6.42 Å². The van der Waals surface area contributed by atoms with Gasteiger partial charge in [0, 0.05) is 17.0 Å². The summed E-state index contributed by atoms with van der Waals surface area (Å²) in [4.78, 5) is 5.49. The standard InChI is InChI=1S/C14H13Cl2N3S/c1-2-3-4-13-18-19-8-12(17-14(19)20-13)10-6-5-9(15)7-11(10)16/h5-8H,2-4H2,1H3. The Labute approximate surface area is 131 Å². The molecule has 20 heavy (non-hydrogen) atoms. The van der Waals surface area contributed by atoms with Gasteiger partial charge in [-0.25, -0.2) is 9.50 Å². The average Bonchev–Trinajstić information content (AvgIpc) is 2.94. The molecule has 104 valence electrons. The van der Waals surface area contributed by atoms with E-state index in [1.54, 1.807) is 17.4 Å². The molecule has 0 fully saturated rings. The molecule has 2 aromatic heterocycles. The van der Waals surface area contributed by atoms with Crippen molar-refractivity contribution in [2.45, 2.75) is 26.2 Å². The van der Waals surface area contributed by atoms with E-state index in [4.69, 9.17) is 23.2 Å². The third-order valence-electron chi connectivity index (χ3n) is 3.04. The molecule has 2 heterocycles. The molecule has 0 aliphatic rings. The number of rotatable bonds is 4. The van der Waals surface area contributed by atoms with Crippen molar-refractivity contribution < 1.29 is 0 Å². The molecule has 0 atom stereocenters. The Morgan fingerprint density at radius 1 is 1.30 bits per heavy atom. The molecular formula is C14H13Cl2N3S. The number of nitrogens with zero attached hydrogens (tertiary/aromatic N) is 3. The number of unbranched alkanes of at least 4 members (excludes halogenated alkanes) is 1. The molecule has 0 bridgehead atoms. The van der Waals surface area contributed by atoms with Crippen LogP contribution in [0, 0.1) is 0 Å². The van der Waals surface area contributed by atoms with Crippen LogP contribution in [-0.4, -0.2) is 14.6 Å². The molecule has 0 amide bonds. The Balaban J connectivity index is 1.95. The van der Waals surface area contributed by atoms with Crippen molar-refractivity contribution in [3.8, 4) is 11.3 Å². The van der Waals surface area contributed by atoms with Crippen LogP contribution < -0.4 is 0 Å². The van der Waals surface area contributed by atoms with E-state index in [1.807, 2.05) is 22.8 Å². The molecule has 0 spiro atoms. The van der Waals surface area contributed by atoms with Gasteiger partial charge in [-0.3, -0.25) is 0 Å². The van der Waals surface area contributed by atoms with Crippen LogP contribution in [0.25, 0.3) is 16.2 Å². The number of imidazole rings is 1. The number of aromatic nitrogens is 3. The van der Waals surface area contributed by atoms with Crippen molar-refractivity contribution >= 4 is 39.5 Å². The topological polar surface area (TPSA) is 30.2 Å². The second kappa shape index (κ2) is 5.72. The highest BCUT2D eigenvalue weighted by atomic mass is 35.5. The zero-order chi connectivity index (χ0) is 14.1. The molecule has 1 aromatic carbocycles. The maximum absolute atomic E-state index is 6.21. The van der Waals surface area contributed by atoms with E-state index in [2.05, 4.69) is 17.0 Å². The SMILES string of the molecule is CCCCc1nn2cc(-c3ccc(Cl)cc3Cl)nc2s1. The summed E-state index contributed by atoms with van der Waals surface area (Å²) < 4.78 is 1.83. The van der Waals surface area contributed by atoms with E-state index in [9.17, 15) is 0 Å². The monoisotopic (exact) mass is 325 g/mol. The first kappa shape index (κ1) is 13.9. The summed E-state index contributed by atoms with van der Waals surface area (Å²) in [6, 6.07) is 5.43. The van der Waals surface area contributed by atoms with Gasteiger partial charge < -0.3 is 0 Å². The molecule has 3 aromatic rings. The van der Waals surface area contributed by atoms with Crippen molar-refractivity contribution in [2.24, 2.45) is 0 Å². The summed E-state index contributed by atoms with van der Waals surface area (Å²) in [7, 11) is 0. The predicted molar refractivity (Wildman–Crippen MR) is 84.9 cm³/mol. The van der Waals surface area contributed by atoms with Gasteiger partial charge >= 0.3 is 0 Å². The van der Waals surface area contributed by atoms with Gasteiger partial charge in [0.1, 0.15) is 5.01 Å². The van der Waals surface area contributed by atoms with Crippen LogP contribution >= 0.6 is 34.5 Å². The summed E-state index contributed by atoms with van der Waals surface area (Å²) in [6.45, 7) is 2.18. The maximum atomic E-state index is 6.21. The molecule has 0 unspecified atom stereocenters. The molecule has 6 heteroatoms. The van der Waals surface area contributed by atoms with Crippen molar-refractivity contribution in [1.29, 1.82) is 0 Å². The first-order valence-corrected chi connectivity index (χ1v) is 8.05. The molecule has 3 nitrogen and oxygen atoms in total. The Morgan fingerprint density at radius 2 is 2.15 bits per heavy atom. The summed E-state index contributed by atoms with van der Waals surface area (Å²) in [5, 5.41) is 6.91. The zero-order valence-corrected chi connectivity index (χ0v) is 13.3. The molecule has 0 N–H and O–H groups in total. The quantitative estimate of drug-likeness (QED) is 0.667. The van der Waals surface area contributed by atoms with Gasteiger partial charge in [-0.05, 0) is 24.6 Å². The van der Waals surface area contributed by atoms with E-state index in [1.165, 1.54) is 6.42 Å². The number of hydrogen-bond donors (Lipinski definition) is 0. The van der Waals surface area contributed by atoms with Crippen LogP contribution in [0.2, 0.25) is 10.0 Å². The predicted octanol–water partition coefficient (Wildman–Crippen LogP) is 5.11. The van der Waals surface area contributed by atoms with Gasteiger partial charge in [-0.2, -0.15) is 5.10 Å². The van der Waals surface area contributed by atoms with Crippen LogP contribution in [0.4, 0.5) is 0 Å². The number of aryl methyl sites for hydroxylation is 1. The van der Waals surface area contributed by atoms with Gasteiger partial charge in [0.2, 0.25) is 4.96 Å². The Hall–Kier alpha value is -1.10. The van der Waals surface area contributed by atoms with Gasteiger partial charge in [0.15, 0.2) is 0 Å². The van der Waals surface area contributed by atoms with Crippen LogP contribution in [0.15, 0.2) is 24.4 Å². The van der Waals surface area contributed by atoms with Gasteiger partial charge in [-0.15, -0.1) is 0 Å². The van der Waals surface area contributed by atoms with Crippen LogP contribution in [0.3, 0.4) is 0 Å².